The van der Waals surface area contributed by atoms with Crippen molar-refractivity contribution in [3.8, 4) is 0 Å². The van der Waals surface area contributed by atoms with Crippen molar-refractivity contribution in [2.75, 3.05) is 10.7 Å². The number of carbonyl (C=O) groups is 2. The second-order valence-electron chi connectivity index (χ2n) is 5.19. The van der Waals surface area contributed by atoms with Crippen LogP contribution < -0.4 is 4.90 Å². The van der Waals surface area contributed by atoms with Crippen LogP contribution in [0.5, 0.6) is 0 Å². The third kappa shape index (κ3) is 4.56. The molecule has 0 radical (unpaired) electrons. The summed E-state index contributed by atoms with van der Waals surface area (Å²) in [7, 11) is 0. The van der Waals surface area contributed by atoms with Crippen molar-refractivity contribution >= 4 is 61.1 Å². The number of nitrogens with zero attached hydrogens (tertiary/aromatic N) is 3. The summed E-state index contributed by atoms with van der Waals surface area (Å²) < 4.78 is 0.903. The van der Waals surface area contributed by atoms with Crippen LogP contribution in [0.1, 0.15) is 12.6 Å². The Balaban J connectivity index is 1.93. The van der Waals surface area contributed by atoms with Crippen molar-refractivity contribution in [1.82, 2.24) is 9.97 Å². The average Bonchev–Trinajstić information content (AvgIpc) is 3.01. The first-order chi connectivity index (χ1) is 12.0. The van der Waals surface area contributed by atoms with Gasteiger partial charge < -0.3 is 0 Å². The molecule has 0 saturated heterocycles. The molecule has 25 heavy (non-hydrogen) atoms. The Morgan fingerprint density at radius 1 is 1.28 bits per heavy atom. The number of pyridine rings is 1. The lowest BCUT2D eigenvalue weighted by molar-refractivity contribution is -0.116. The minimum absolute atomic E-state index is 0.0683. The first kappa shape index (κ1) is 17.8. The van der Waals surface area contributed by atoms with E-state index in [1.807, 2.05) is 30.3 Å². The van der Waals surface area contributed by atoms with E-state index in [0.29, 0.717) is 16.7 Å². The molecule has 128 valence electrons. The zero-order chi connectivity index (χ0) is 17.8. The topological polar surface area (TPSA) is 63.2 Å². The van der Waals surface area contributed by atoms with Crippen molar-refractivity contribution in [1.29, 1.82) is 0 Å². The van der Waals surface area contributed by atoms with Crippen molar-refractivity contribution < 1.29 is 9.59 Å². The maximum absolute atomic E-state index is 12.7. The fourth-order valence-corrected chi connectivity index (χ4v) is 3.90. The van der Waals surface area contributed by atoms with E-state index in [9.17, 15) is 9.59 Å². The van der Waals surface area contributed by atoms with E-state index < -0.39 is 0 Å². The number of aromatic nitrogens is 2. The van der Waals surface area contributed by atoms with Gasteiger partial charge in [0.25, 0.3) is 0 Å². The fraction of sp³-hybridized carbons (Fsp3) is 0.176. The zero-order valence-corrected chi connectivity index (χ0v) is 15.7. The summed E-state index contributed by atoms with van der Waals surface area (Å²) in [6, 6.07) is 11.0. The summed E-state index contributed by atoms with van der Waals surface area (Å²) in [5, 5.41) is 1.09. The predicted octanol–water partition coefficient (Wildman–Crippen LogP) is 4.16. The lowest BCUT2D eigenvalue weighted by Crippen LogP contribution is -2.32. The zero-order valence-electron chi connectivity index (χ0n) is 13.3. The van der Waals surface area contributed by atoms with Crippen LogP contribution in [0.3, 0.4) is 0 Å². The van der Waals surface area contributed by atoms with Crippen molar-refractivity contribution in [2.24, 2.45) is 0 Å². The number of anilines is 1. The quantitative estimate of drug-likeness (QED) is 0.653. The van der Waals surface area contributed by atoms with Crippen molar-refractivity contribution in [3.63, 3.8) is 0 Å². The Kier molecular flexibility index (Phi) is 5.67. The van der Waals surface area contributed by atoms with Gasteiger partial charge in [-0.2, -0.15) is 0 Å². The smallest absolute Gasteiger partial charge is 0.239 e. The van der Waals surface area contributed by atoms with Crippen LogP contribution in [-0.4, -0.2) is 26.7 Å². The molecule has 0 N–H and O–H groups in total. The van der Waals surface area contributed by atoms with Crippen LogP contribution >= 0.6 is 34.7 Å². The van der Waals surface area contributed by atoms with Gasteiger partial charge in [0.2, 0.25) is 5.91 Å². The molecule has 0 aliphatic heterocycles. The largest absolute Gasteiger partial charge is 0.288 e. The number of thiazole rings is 1. The van der Waals surface area contributed by atoms with Crippen LogP contribution in [0.4, 0.5) is 5.13 Å². The highest BCUT2D eigenvalue weighted by atomic mass is 35.5. The molecule has 5 nitrogen and oxygen atoms in total. The van der Waals surface area contributed by atoms with Crippen LogP contribution in [0.25, 0.3) is 10.2 Å². The molecule has 0 spiro atoms. The Morgan fingerprint density at radius 2 is 2.12 bits per heavy atom. The van der Waals surface area contributed by atoms with E-state index in [1.54, 1.807) is 17.2 Å². The second kappa shape index (κ2) is 7.95. The van der Waals surface area contributed by atoms with Gasteiger partial charge in [-0.15, -0.1) is 0 Å². The standard InChI is InChI=1S/C17H14ClN3O2S2/c1-11(22)24-10-16(23)21(9-13-4-2-3-7-19-13)17-20-14-6-5-12(18)8-15(14)25-17/h2-8H,9-10H2,1H3. The molecule has 0 fully saturated rings. The molecule has 1 aromatic carbocycles. The molecule has 0 aliphatic rings. The van der Waals surface area contributed by atoms with Gasteiger partial charge in [0.15, 0.2) is 10.2 Å². The van der Waals surface area contributed by atoms with Crippen LogP contribution in [-0.2, 0) is 16.1 Å². The number of thioether (sulfide) groups is 1. The van der Waals surface area contributed by atoms with Gasteiger partial charge in [0.1, 0.15) is 0 Å². The highest BCUT2D eigenvalue weighted by molar-refractivity contribution is 8.14. The molecule has 1 amide bonds. The summed E-state index contributed by atoms with van der Waals surface area (Å²) >= 11 is 8.41. The molecule has 0 aliphatic carbocycles. The highest BCUT2D eigenvalue weighted by Gasteiger charge is 2.21. The number of benzene rings is 1. The molecule has 3 aromatic rings. The second-order valence-corrected chi connectivity index (χ2v) is 7.79. The lowest BCUT2D eigenvalue weighted by atomic mass is 10.3. The summed E-state index contributed by atoms with van der Waals surface area (Å²) in [5.41, 5.74) is 1.53. The average molecular weight is 392 g/mol. The Labute approximate surface area is 158 Å². The minimum Gasteiger partial charge on any atom is -0.288 e. The monoisotopic (exact) mass is 391 g/mol. The summed E-state index contributed by atoms with van der Waals surface area (Å²) in [6.45, 7) is 1.74. The van der Waals surface area contributed by atoms with Crippen LogP contribution in [0.2, 0.25) is 5.02 Å². The molecular formula is C17H14ClN3O2S2. The molecule has 3 rings (SSSR count). The third-order valence-corrected chi connectivity index (χ3v) is 5.39. The van der Waals surface area contributed by atoms with E-state index >= 15 is 0 Å². The van der Waals surface area contributed by atoms with E-state index in [-0.39, 0.29) is 16.8 Å². The predicted molar refractivity (Wildman–Crippen MR) is 103 cm³/mol. The minimum atomic E-state index is -0.184. The summed E-state index contributed by atoms with van der Waals surface area (Å²) in [5.74, 6) is -0.116. The molecule has 0 saturated carbocycles. The molecule has 2 heterocycles. The van der Waals surface area contributed by atoms with Gasteiger partial charge in [-0.3, -0.25) is 19.5 Å². The molecule has 2 aromatic heterocycles. The van der Waals surface area contributed by atoms with Gasteiger partial charge in [0.05, 0.1) is 28.2 Å². The number of hydrogen-bond acceptors (Lipinski definition) is 6. The lowest BCUT2D eigenvalue weighted by Gasteiger charge is -2.19. The van der Waals surface area contributed by atoms with E-state index in [1.165, 1.54) is 18.3 Å². The Morgan fingerprint density at radius 3 is 2.84 bits per heavy atom. The molecule has 0 bridgehead atoms. The van der Waals surface area contributed by atoms with Crippen LogP contribution in [0.15, 0.2) is 42.6 Å². The van der Waals surface area contributed by atoms with Gasteiger partial charge in [0, 0.05) is 18.1 Å². The Bertz CT molecular complexity index is 915. The number of rotatable bonds is 5. The molecule has 0 unspecified atom stereocenters. The summed E-state index contributed by atoms with van der Waals surface area (Å²) in [4.78, 5) is 34.2. The third-order valence-electron chi connectivity index (χ3n) is 3.32. The number of amides is 1. The maximum Gasteiger partial charge on any atom is 0.239 e. The SMILES string of the molecule is CC(=O)SCC(=O)N(Cc1ccccn1)c1nc2ccc(Cl)cc2s1. The van der Waals surface area contributed by atoms with E-state index in [2.05, 4.69) is 9.97 Å². The number of fused-ring (bicyclic) bond motifs is 1. The van der Waals surface area contributed by atoms with Crippen molar-refractivity contribution in [3.05, 3.63) is 53.3 Å². The molecule has 8 heteroatoms. The number of halogens is 1. The first-order valence-electron chi connectivity index (χ1n) is 7.42. The highest BCUT2D eigenvalue weighted by Crippen LogP contribution is 2.31. The van der Waals surface area contributed by atoms with Crippen molar-refractivity contribution in [2.45, 2.75) is 13.5 Å². The van der Waals surface area contributed by atoms with Gasteiger partial charge in [-0.1, -0.05) is 40.8 Å². The normalized spacial score (nSPS) is 10.8. The van der Waals surface area contributed by atoms with Gasteiger partial charge in [-0.25, -0.2) is 4.98 Å². The van der Waals surface area contributed by atoms with Gasteiger partial charge in [-0.05, 0) is 30.3 Å². The molecule has 0 atom stereocenters. The van der Waals surface area contributed by atoms with Gasteiger partial charge >= 0.3 is 0 Å². The Hall–Kier alpha value is -1.96. The number of hydrogen-bond donors (Lipinski definition) is 0. The van der Waals surface area contributed by atoms with Crippen LogP contribution in [0, 0.1) is 0 Å². The number of carbonyl (C=O) groups excluding carboxylic acids is 2. The maximum atomic E-state index is 12.7. The van der Waals surface area contributed by atoms with E-state index in [4.69, 9.17) is 11.6 Å². The summed E-state index contributed by atoms with van der Waals surface area (Å²) in [6.07, 6.45) is 1.68. The van der Waals surface area contributed by atoms with E-state index in [0.717, 1.165) is 27.7 Å². The molecular weight excluding hydrogens is 378 g/mol. The first-order valence-corrected chi connectivity index (χ1v) is 9.60. The fourth-order valence-electron chi connectivity index (χ4n) is 2.16.